The maximum Gasteiger partial charge on any atom is 0.407 e. The van der Waals surface area contributed by atoms with Gasteiger partial charge in [0.2, 0.25) is 0 Å². The van der Waals surface area contributed by atoms with Crippen LogP contribution in [0.25, 0.3) is 0 Å². The van der Waals surface area contributed by atoms with E-state index >= 15 is 0 Å². The Morgan fingerprint density at radius 1 is 1.00 bits per heavy atom. The van der Waals surface area contributed by atoms with Gasteiger partial charge in [0.25, 0.3) is 11.4 Å². The number of non-ortho nitro benzene ring substituents is 1. The Morgan fingerprint density at radius 2 is 1.74 bits per heavy atom. The highest BCUT2D eigenvalue weighted by Crippen LogP contribution is 2.37. The van der Waals surface area contributed by atoms with Gasteiger partial charge in [0, 0.05) is 11.6 Å². The molecule has 11 heteroatoms. The number of carbonyl (C=O) groups excluding carboxylic acids is 1. The van der Waals surface area contributed by atoms with E-state index in [9.17, 15) is 25.0 Å². The number of aryl methyl sites for hydroxylation is 1. The normalized spacial score (nSPS) is 21.3. The van der Waals surface area contributed by atoms with E-state index in [1.165, 1.54) is 12.1 Å². The molecule has 0 heterocycles. The van der Waals surface area contributed by atoms with Gasteiger partial charge in [0.1, 0.15) is 6.10 Å². The van der Waals surface area contributed by atoms with Gasteiger partial charge in [-0.1, -0.05) is 33.3 Å². The highest BCUT2D eigenvalue weighted by Gasteiger charge is 2.34. The lowest BCUT2D eigenvalue weighted by Gasteiger charge is -2.37. The summed E-state index contributed by atoms with van der Waals surface area (Å²) in [6, 6.07) is 8.56. The third-order valence-electron chi connectivity index (χ3n) is 8.88. The number of nitrogens with zero attached hydrogens (tertiary/aromatic N) is 2. The molecular weight excluding hydrogens is 554 g/mol. The molecule has 4 atom stereocenters. The molecule has 1 N–H and O–H groups in total. The van der Waals surface area contributed by atoms with Gasteiger partial charge in [-0.25, -0.2) is 4.79 Å². The fraction of sp³-hybridized carbons (Fsp3) is 0.594. The fourth-order valence-corrected chi connectivity index (χ4v) is 6.42. The summed E-state index contributed by atoms with van der Waals surface area (Å²) in [6.45, 7) is 6.48. The van der Waals surface area contributed by atoms with Gasteiger partial charge in [-0.3, -0.25) is 20.2 Å². The largest absolute Gasteiger partial charge is 0.493 e. The maximum atomic E-state index is 13.4. The van der Waals surface area contributed by atoms with E-state index in [1.807, 2.05) is 12.1 Å². The average molecular weight is 598 g/mol. The summed E-state index contributed by atoms with van der Waals surface area (Å²) in [6.07, 6.45) is 6.88. The summed E-state index contributed by atoms with van der Waals surface area (Å²) < 4.78 is 17.9. The minimum absolute atomic E-state index is 0.0875. The summed E-state index contributed by atoms with van der Waals surface area (Å²) in [5.41, 5.74) is 0.408. The molecule has 2 saturated carbocycles. The Balaban J connectivity index is 1.60. The standard InChI is InChI=1S/C32H43N3O8/c1-20(2)26-14-9-21(3)17-30(26)43-32(36)33-27(15-11-22-10-13-24(34(37)38)19-28(22)35(39)40)23-12-16-29(41-4)31(18-23)42-25-7-5-6-8-25/h10,12-13,16,18-21,25-27,30H,5-9,11,14-15,17H2,1-4H3,(H,33,36)/t21?,26?,27-,30?/m0/s1. The molecule has 4 rings (SSSR count). The first-order valence-electron chi connectivity index (χ1n) is 15.3. The molecule has 2 fully saturated rings. The molecule has 234 valence electrons. The predicted molar refractivity (Wildman–Crippen MR) is 161 cm³/mol. The molecule has 2 aromatic rings. The molecule has 2 aliphatic carbocycles. The van der Waals surface area contributed by atoms with Crippen molar-refractivity contribution < 1.29 is 28.9 Å². The zero-order chi connectivity index (χ0) is 31.1. The van der Waals surface area contributed by atoms with E-state index in [4.69, 9.17) is 14.2 Å². The number of hydrogen-bond donors (Lipinski definition) is 1. The van der Waals surface area contributed by atoms with Gasteiger partial charge in [-0.2, -0.15) is 0 Å². The number of amides is 1. The maximum absolute atomic E-state index is 13.4. The molecule has 2 aromatic carbocycles. The van der Waals surface area contributed by atoms with Gasteiger partial charge in [0.05, 0.1) is 35.2 Å². The molecule has 43 heavy (non-hydrogen) atoms. The number of nitro groups is 2. The average Bonchev–Trinajstić information content (AvgIpc) is 3.48. The van der Waals surface area contributed by atoms with E-state index in [2.05, 4.69) is 26.1 Å². The van der Waals surface area contributed by atoms with Crippen LogP contribution in [0.1, 0.15) is 89.3 Å². The second kappa shape index (κ2) is 14.5. The summed E-state index contributed by atoms with van der Waals surface area (Å²) in [4.78, 5) is 35.1. The van der Waals surface area contributed by atoms with Crippen LogP contribution in [0.2, 0.25) is 0 Å². The Bertz CT molecular complexity index is 1290. The lowest BCUT2D eigenvalue weighted by molar-refractivity contribution is -0.394. The molecule has 0 aromatic heterocycles. The van der Waals surface area contributed by atoms with E-state index < -0.39 is 22.0 Å². The molecule has 2 aliphatic rings. The minimum Gasteiger partial charge on any atom is -0.493 e. The van der Waals surface area contributed by atoms with Gasteiger partial charge in [-0.15, -0.1) is 0 Å². The van der Waals surface area contributed by atoms with Crippen molar-refractivity contribution in [1.82, 2.24) is 5.32 Å². The van der Waals surface area contributed by atoms with Crippen molar-refractivity contribution in [3.8, 4) is 11.5 Å². The second-order valence-corrected chi connectivity index (χ2v) is 12.3. The molecule has 0 aliphatic heterocycles. The van der Waals surface area contributed by atoms with Crippen LogP contribution in [0.5, 0.6) is 11.5 Å². The Labute approximate surface area is 252 Å². The highest BCUT2D eigenvalue weighted by molar-refractivity contribution is 5.68. The molecule has 0 saturated heterocycles. The molecule has 1 amide bonds. The van der Waals surface area contributed by atoms with Crippen LogP contribution in [0, 0.1) is 38.0 Å². The van der Waals surface area contributed by atoms with Crippen LogP contribution in [0.3, 0.4) is 0 Å². The summed E-state index contributed by atoms with van der Waals surface area (Å²) in [5, 5.41) is 26.0. The van der Waals surface area contributed by atoms with E-state index in [0.29, 0.717) is 28.9 Å². The Hall–Kier alpha value is -3.89. The third-order valence-corrected chi connectivity index (χ3v) is 8.88. The van der Waals surface area contributed by atoms with Crippen molar-refractivity contribution in [2.45, 2.75) is 96.8 Å². The van der Waals surface area contributed by atoms with E-state index in [0.717, 1.165) is 56.6 Å². The number of rotatable bonds is 12. The fourth-order valence-electron chi connectivity index (χ4n) is 6.42. The van der Waals surface area contributed by atoms with Gasteiger partial charge < -0.3 is 19.5 Å². The van der Waals surface area contributed by atoms with Gasteiger partial charge in [-0.05, 0) is 92.9 Å². The van der Waals surface area contributed by atoms with Crippen molar-refractivity contribution in [3.63, 3.8) is 0 Å². The first-order valence-corrected chi connectivity index (χ1v) is 15.3. The number of carbonyl (C=O) groups is 1. The highest BCUT2D eigenvalue weighted by atomic mass is 16.6. The molecule has 0 radical (unpaired) electrons. The van der Waals surface area contributed by atoms with Crippen molar-refractivity contribution in [3.05, 3.63) is 67.8 Å². The Kier molecular flexibility index (Phi) is 10.8. The number of ether oxygens (including phenoxy) is 3. The van der Waals surface area contributed by atoms with Crippen LogP contribution < -0.4 is 14.8 Å². The van der Waals surface area contributed by atoms with Crippen LogP contribution in [0.4, 0.5) is 16.2 Å². The lowest BCUT2D eigenvalue weighted by atomic mass is 9.75. The predicted octanol–water partition coefficient (Wildman–Crippen LogP) is 7.69. The van der Waals surface area contributed by atoms with Crippen LogP contribution in [-0.4, -0.2) is 35.3 Å². The third kappa shape index (κ3) is 8.36. The lowest BCUT2D eigenvalue weighted by Crippen LogP contribution is -2.39. The SMILES string of the molecule is COc1ccc([C@H](CCc2ccc([N+](=O)[O-])cc2[N+](=O)[O-])NC(=O)OC2CC(C)CCC2C(C)C)cc1OC1CCCC1. The van der Waals surface area contributed by atoms with E-state index in [1.54, 1.807) is 13.2 Å². The molecular formula is C32H43N3O8. The minimum atomic E-state index is -0.656. The number of nitro benzene ring substituents is 2. The quantitative estimate of drug-likeness (QED) is 0.194. The first kappa shape index (κ1) is 32.0. The van der Waals surface area contributed by atoms with E-state index in [-0.39, 0.29) is 42.3 Å². The summed E-state index contributed by atoms with van der Waals surface area (Å²) in [5.74, 6) is 2.27. The molecule has 11 nitrogen and oxygen atoms in total. The number of benzene rings is 2. The van der Waals surface area contributed by atoms with Gasteiger partial charge >= 0.3 is 6.09 Å². The summed E-state index contributed by atoms with van der Waals surface area (Å²) in [7, 11) is 1.58. The number of hydrogen-bond acceptors (Lipinski definition) is 8. The van der Waals surface area contributed by atoms with Gasteiger partial charge in [0.15, 0.2) is 11.5 Å². The van der Waals surface area contributed by atoms with Crippen LogP contribution in [-0.2, 0) is 11.2 Å². The zero-order valence-electron chi connectivity index (χ0n) is 25.5. The Morgan fingerprint density at radius 3 is 2.40 bits per heavy atom. The topological polar surface area (TPSA) is 143 Å². The van der Waals surface area contributed by atoms with Crippen LogP contribution >= 0.6 is 0 Å². The second-order valence-electron chi connectivity index (χ2n) is 12.3. The number of nitrogens with one attached hydrogen (secondary N) is 1. The number of alkyl carbamates (subject to hydrolysis) is 1. The van der Waals surface area contributed by atoms with Crippen molar-refractivity contribution in [2.75, 3.05) is 7.11 Å². The smallest absolute Gasteiger partial charge is 0.407 e. The van der Waals surface area contributed by atoms with Crippen molar-refractivity contribution >= 4 is 17.5 Å². The van der Waals surface area contributed by atoms with Crippen LogP contribution in [0.15, 0.2) is 36.4 Å². The van der Waals surface area contributed by atoms with Crippen molar-refractivity contribution in [1.29, 1.82) is 0 Å². The van der Waals surface area contributed by atoms with Crippen molar-refractivity contribution in [2.24, 2.45) is 17.8 Å². The molecule has 0 bridgehead atoms. The molecule has 3 unspecified atom stereocenters. The summed E-state index contributed by atoms with van der Waals surface area (Å²) >= 11 is 0. The zero-order valence-corrected chi connectivity index (χ0v) is 25.5. The monoisotopic (exact) mass is 597 g/mol. The number of methoxy groups -OCH3 is 1. The molecule has 0 spiro atoms. The first-order chi connectivity index (χ1) is 20.5.